The monoisotopic (exact) mass is 919 g/mol. The third-order valence-electron chi connectivity index (χ3n) is 13.6. The molecule has 1 heterocycles. The van der Waals surface area contributed by atoms with Gasteiger partial charge in [0.05, 0.1) is 29.6 Å². The van der Waals surface area contributed by atoms with Crippen LogP contribution in [0.2, 0.25) is 0 Å². The maximum atomic E-state index is 15.8. The Morgan fingerprint density at radius 1 is 0.909 bits per heavy atom. The predicted octanol–water partition coefficient (Wildman–Crippen LogP) is 5.45. The molecule has 6 rings (SSSR count). The first-order valence-corrected chi connectivity index (χ1v) is 22.1. The van der Waals surface area contributed by atoms with Crippen LogP contribution in [-0.2, 0) is 61.9 Å². The lowest BCUT2D eigenvalue weighted by Crippen LogP contribution is -2.82. The Morgan fingerprint density at radius 3 is 2.06 bits per heavy atom. The van der Waals surface area contributed by atoms with E-state index >= 15 is 4.79 Å². The fourth-order valence-electron chi connectivity index (χ4n) is 10.5. The maximum Gasteiger partial charge on any atom is 0.408 e. The third kappa shape index (κ3) is 8.96. The van der Waals surface area contributed by atoms with Gasteiger partial charge in [-0.05, 0) is 63.5 Å². The molecule has 0 spiro atoms. The summed E-state index contributed by atoms with van der Waals surface area (Å²) in [6.45, 7) is 14.8. The summed E-state index contributed by atoms with van der Waals surface area (Å²) in [5.41, 5.74) is -7.92. The van der Waals surface area contributed by atoms with Gasteiger partial charge < -0.3 is 48.3 Å². The average molecular weight is 920 g/mol. The van der Waals surface area contributed by atoms with E-state index in [-0.39, 0.29) is 36.2 Å². The molecule has 66 heavy (non-hydrogen) atoms. The quantitative estimate of drug-likeness (QED) is 0.153. The molecular weight excluding hydrogens is 859 g/mol. The highest BCUT2D eigenvalue weighted by Crippen LogP contribution is 2.65. The highest BCUT2D eigenvalue weighted by Gasteiger charge is 2.78. The van der Waals surface area contributed by atoms with Crippen molar-refractivity contribution in [2.45, 2.75) is 148 Å². The first-order chi connectivity index (χ1) is 30.9. The summed E-state index contributed by atoms with van der Waals surface area (Å²) < 4.78 is 48.4. The van der Waals surface area contributed by atoms with Crippen LogP contribution in [-0.4, -0.2) is 114 Å². The number of amides is 1. The van der Waals surface area contributed by atoms with Crippen molar-refractivity contribution in [3.63, 3.8) is 0 Å². The molecule has 3 aliphatic carbocycles. The summed E-state index contributed by atoms with van der Waals surface area (Å²) in [6, 6.07) is 14.8. The molecule has 11 atom stereocenters. The average Bonchev–Trinajstić information content (AvgIpc) is 3.24. The van der Waals surface area contributed by atoms with Crippen LogP contribution >= 0.6 is 0 Å². The van der Waals surface area contributed by atoms with Crippen molar-refractivity contribution in [3.8, 4) is 0 Å². The van der Waals surface area contributed by atoms with Crippen LogP contribution in [0.1, 0.15) is 110 Å². The fraction of sp³-hybridized carbons (Fsp3) is 0.571. The molecule has 2 aromatic rings. The van der Waals surface area contributed by atoms with Crippen LogP contribution in [0, 0.1) is 16.7 Å². The highest BCUT2D eigenvalue weighted by atomic mass is 16.6. The molecule has 0 unspecified atom stereocenters. The van der Waals surface area contributed by atoms with E-state index in [0.717, 1.165) is 6.92 Å². The van der Waals surface area contributed by atoms with Crippen molar-refractivity contribution < 1.29 is 76.6 Å². The number of hydrogen-bond donors (Lipinski definition) is 2. The predicted molar refractivity (Wildman–Crippen MR) is 232 cm³/mol. The van der Waals surface area contributed by atoms with Crippen molar-refractivity contribution >= 4 is 41.7 Å². The van der Waals surface area contributed by atoms with Crippen molar-refractivity contribution in [1.82, 2.24) is 5.32 Å². The van der Waals surface area contributed by atoms with Gasteiger partial charge in [0.1, 0.15) is 35.6 Å². The Balaban J connectivity index is 1.59. The Labute approximate surface area is 384 Å². The lowest BCUT2D eigenvalue weighted by atomic mass is 9.44. The molecule has 17 heteroatoms. The smallest absolute Gasteiger partial charge is 0.408 e. The van der Waals surface area contributed by atoms with E-state index in [2.05, 4.69) is 5.32 Å². The molecule has 0 aromatic heterocycles. The van der Waals surface area contributed by atoms with Crippen LogP contribution in [0.3, 0.4) is 0 Å². The number of ether oxygens (including phenoxy) is 8. The van der Waals surface area contributed by atoms with Gasteiger partial charge in [0.15, 0.2) is 17.5 Å². The summed E-state index contributed by atoms with van der Waals surface area (Å²) in [4.78, 5) is 98.0. The van der Waals surface area contributed by atoms with Gasteiger partial charge in [-0.3, -0.25) is 19.2 Å². The fourth-order valence-corrected chi connectivity index (χ4v) is 10.5. The number of carbonyl (C=O) groups excluding carboxylic acids is 7. The molecule has 17 nitrogen and oxygen atoms in total. The Kier molecular flexibility index (Phi) is 14.0. The summed E-state index contributed by atoms with van der Waals surface area (Å²) >= 11 is 0. The zero-order valence-corrected chi connectivity index (χ0v) is 39.3. The van der Waals surface area contributed by atoms with Gasteiger partial charge in [0.25, 0.3) is 0 Å². The number of fused-ring (bicyclic) bond motifs is 5. The van der Waals surface area contributed by atoms with Gasteiger partial charge in [-0.1, -0.05) is 69.3 Å². The number of alkyl carbamates (subject to hydrolysis) is 1. The van der Waals surface area contributed by atoms with Gasteiger partial charge >= 0.3 is 35.9 Å². The molecule has 2 aromatic carbocycles. The Hall–Kier alpha value is -5.65. The number of rotatable bonds is 12. The summed E-state index contributed by atoms with van der Waals surface area (Å²) in [5, 5.41) is 16.6. The molecule has 1 amide bonds. The number of methoxy groups -OCH3 is 1. The second-order valence-corrected chi connectivity index (χ2v) is 19.2. The van der Waals surface area contributed by atoms with Crippen LogP contribution in [0.15, 0.2) is 71.8 Å². The van der Waals surface area contributed by atoms with Crippen molar-refractivity contribution in [2.24, 2.45) is 16.7 Å². The zero-order chi connectivity index (χ0) is 48.7. The summed E-state index contributed by atoms with van der Waals surface area (Å²) in [6.07, 6.45) is -10.5. The molecule has 1 saturated heterocycles. The molecule has 2 N–H and O–H groups in total. The molecule has 4 aliphatic rings. The minimum absolute atomic E-state index is 0.0204. The molecule has 2 bridgehead atoms. The number of benzene rings is 2. The van der Waals surface area contributed by atoms with Gasteiger partial charge in [-0.15, -0.1) is 0 Å². The second-order valence-electron chi connectivity index (χ2n) is 19.2. The van der Waals surface area contributed by atoms with Gasteiger partial charge in [0, 0.05) is 45.6 Å². The summed E-state index contributed by atoms with van der Waals surface area (Å²) in [7, 11) is 1.38. The molecular formula is C49H61NO16. The number of aliphatic hydroxyl groups is 1. The van der Waals surface area contributed by atoms with Gasteiger partial charge in [0.2, 0.25) is 6.10 Å². The number of esters is 5. The molecule has 1 aliphatic heterocycles. The van der Waals surface area contributed by atoms with Gasteiger partial charge in [-0.25, -0.2) is 14.4 Å². The van der Waals surface area contributed by atoms with E-state index in [1.807, 2.05) is 0 Å². The SMILES string of the molecule is CCC(=O)O[C@@H](C(=O)O[C@H]1C[C@@]2(O)[C@@H](OC(=O)c3ccccc3)[C@@H]3[C@]4(OC(C)=O)CO[C@@H]4C[C@H](OC)[C@@]3(C)C(=O)[C@H](OC(C)=O)C(=C1C)C2(C)C)[C@@H](NC(=O)OC(C)(C)C)c1ccccc1. The van der Waals surface area contributed by atoms with Crippen LogP contribution in [0.4, 0.5) is 4.79 Å². The lowest BCUT2D eigenvalue weighted by molar-refractivity contribution is -0.347. The van der Waals surface area contributed by atoms with E-state index in [1.54, 1.807) is 97.0 Å². The Morgan fingerprint density at radius 2 is 1.53 bits per heavy atom. The summed E-state index contributed by atoms with van der Waals surface area (Å²) in [5.74, 6) is -6.71. The van der Waals surface area contributed by atoms with E-state index < -0.39 is 124 Å². The first-order valence-electron chi connectivity index (χ1n) is 22.1. The molecule has 358 valence electrons. The first kappa shape index (κ1) is 49.8. The zero-order valence-electron chi connectivity index (χ0n) is 39.3. The van der Waals surface area contributed by atoms with Crippen LogP contribution in [0.25, 0.3) is 0 Å². The van der Waals surface area contributed by atoms with Crippen molar-refractivity contribution in [3.05, 3.63) is 82.9 Å². The number of hydrogen-bond acceptors (Lipinski definition) is 16. The third-order valence-corrected chi connectivity index (χ3v) is 13.6. The number of nitrogens with one attached hydrogen (secondary N) is 1. The van der Waals surface area contributed by atoms with E-state index in [9.17, 15) is 33.9 Å². The Bertz CT molecular complexity index is 2250. The standard InChI is InChI=1S/C49H61NO16/c1-12-34(53)63-38(36(29-19-15-13-16-20-29)50-44(57)66-45(5,6)7)43(56)62-31-24-49(58)41(64-42(55)30-21-17-14-18-22-30)39-47(10,32(59-11)23-33-48(39,25-60-33)65-28(4)52)40(54)37(61-27(3)51)35(26(31)2)46(49,8)9/h13-22,31-33,36-39,41,58H,12,23-25H2,1-11H3,(H,50,57)/t31-,32-,33+,36-,37+,38+,39-,41-,47+,48-,49+/m0/s1. The molecule has 0 radical (unpaired) electrons. The minimum atomic E-state index is -2.38. The normalized spacial score (nSPS) is 30.8. The second kappa shape index (κ2) is 18.6. The topological polar surface area (TPSA) is 226 Å². The van der Waals surface area contributed by atoms with Crippen molar-refractivity contribution in [2.75, 3.05) is 13.7 Å². The molecule has 3 fully saturated rings. The largest absolute Gasteiger partial charge is 0.455 e. The number of ketones is 1. The lowest BCUT2D eigenvalue weighted by Gasteiger charge is -2.67. The van der Waals surface area contributed by atoms with E-state index in [1.165, 1.54) is 33.1 Å². The minimum Gasteiger partial charge on any atom is -0.455 e. The van der Waals surface area contributed by atoms with Crippen molar-refractivity contribution in [1.29, 1.82) is 0 Å². The molecule has 2 saturated carbocycles. The van der Waals surface area contributed by atoms with Gasteiger partial charge in [-0.2, -0.15) is 0 Å². The number of carbonyl (C=O) groups is 7. The maximum absolute atomic E-state index is 15.8. The van der Waals surface area contributed by atoms with Crippen LogP contribution in [0.5, 0.6) is 0 Å². The van der Waals surface area contributed by atoms with E-state index in [0.29, 0.717) is 5.56 Å². The number of Topliss-reactive ketones (excluding diaryl/α,β-unsaturated/α-hetero) is 1. The van der Waals surface area contributed by atoms with E-state index in [4.69, 9.17) is 37.9 Å². The van der Waals surface area contributed by atoms with Crippen LogP contribution < -0.4 is 5.32 Å². The highest BCUT2D eigenvalue weighted by molar-refractivity contribution is 5.95.